The van der Waals surface area contributed by atoms with Crippen LogP contribution >= 0.6 is 34.8 Å². The van der Waals surface area contributed by atoms with Gasteiger partial charge in [-0.2, -0.15) is 13.2 Å². The fourth-order valence-electron chi connectivity index (χ4n) is 1.45. The highest BCUT2D eigenvalue weighted by atomic mass is 35.5. The normalized spacial score (nSPS) is 11.9. The number of rotatable bonds is 1. The molecule has 0 fully saturated rings. The molecule has 1 heterocycles. The van der Waals surface area contributed by atoms with E-state index in [2.05, 4.69) is 0 Å². The fourth-order valence-corrected chi connectivity index (χ4v) is 2.35. The molecule has 2 aromatic rings. The van der Waals surface area contributed by atoms with Crippen molar-refractivity contribution in [2.24, 2.45) is 0 Å². The zero-order valence-electron chi connectivity index (χ0n) is 8.49. The van der Waals surface area contributed by atoms with Crippen molar-refractivity contribution >= 4 is 34.8 Å². The SMILES string of the molecule is FC(F)(F)c1cc(Cl)c(-c2ccco2)c(Cl)c1Cl. The standard InChI is InChI=1S/C11H4Cl3F3O/c12-6-4-5(11(15,16)17)9(13)10(14)8(6)7-2-1-3-18-7/h1-4H. The van der Waals surface area contributed by atoms with Crippen LogP contribution in [0.4, 0.5) is 13.2 Å². The predicted molar refractivity (Wildman–Crippen MR) is 64.2 cm³/mol. The average Bonchev–Trinajstić information content (AvgIpc) is 2.75. The summed E-state index contributed by atoms with van der Waals surface area (Å²) in [7, 11) is 0. The summed E-state index contributed by atoms with van der Waals surface area (Å²) in [6, 6.07) is 3.82. The summed E-state index contributed by atoms with van der Waals surface area (Å²) in [5.41, 5.74) is -0.934. The Bertz CT molecular complexity index is 576. The third-order valence-corrected chi connectivity index (χ3v) is 3.40. The van der Waals surface area contributed by atoms with E-state index < -0.39 is 16.8 Å². The molecule has 0 unspecified atom stereocenters. The first-order valence-corrected chi connectivity index (χ1v) is 5.74. The van der Waals surface area contributed by atoms with Crippen LogP contribution < -0.4 is 0 Å². The van der Waals surface area contributed by atoms with E-state index >= 15 is 0 Å². The van der Waals surface area contributed by atoms with Gasteiger partial charge in [0.25, 0.3) is 0 Å². The van der Waals surface area contributed by atoms with Gasteiger partial charge >= 0.3 is 6.18 Å². The van der Waals surface area contributed by atoms with E-state index in [1.807, 2.05) is 0 Å². The minimum Gasteiger partial charge on any atom is -0.464 e. The van der Waals surface area contributed by atoms with Crippen LogP contribution in [0.15, 0.2) is 28.9 Å². The molecule has 0 radical (unpaired) electrons. The van der Waals surface area contributed by atoms with Gasteiger partial charge in [-0.1, -0.05) is 34.8 Å². The highest BCUT2D eigenvalue weighted by Crippen LogP contribution is 2.46. The quantitative estimate of drug-likeness (QED) is 0.595. The van der Waals surface area contributed by atoms with E-state index in [1.54, 1.807) is 6.07 Å². The molecule has 0 saturated carbocycles. The third-order valence-electron chi connectivity index (χ3n) is 2.23. The monoisotopic (exact) mass is 314 g/mol. The molecule has 2 rings (SSSR count). The maximum Gasteiger partial charge on any atom is 0.417 e. The molecule has 0 atom stereocenters. The van der Waals surface area contributed by atoms with Gasteiger partial charge in [0.2, 0.25) is 0 Å². The van der Waals surface area contributed by atoms with Crippen molar-refractivity contribution in [3.05, 3.63) is 45.1 Å². The molecule has 1 aromatic carbocycles. The zero-order valence-corrected chi connectivity index (χ0v) is 10.8. The van der Waals surface area contributed by atoms with E-state index in [-0.39, 0.29) is 21.4 Å². The van der Waals surface area contributed by atoms with Crippen LogP contribution in [0.25, 0.3) is 11.3 Å². The van der Waals surface area contributed by atoms with Gasteiger partial charge in [0.1, 0.15) is 5.76 Å². The summed E-state index contributed by atoms with van der Waals surface area (Å²) < 4.78 is 43.0. The van der Waals surface area contributed by atoms with E-state index in [9.17, 15) is 13.2 Å². The van der Waals surface area contributed by atoms with Crippen LogP contribution in [0.5, 0.6) is 0 Å². The second-order valence-electron chi connectivity index (χ2n) is 3.38. The van der Waals surface area contributed by atoms with Crippen LogP contribution in [-0.4, -0.2) is 0 Å². The number of benzene rings is 1. The molecule has 18 heavy (non-hydrogen) atoms. The molecule has 96 valence electrons. The molecule has 0 N–H and O–H groups in total. The smallest absolute Gasteiger partial charge is 0.417 e. The van der Waals surface area contributed by atoms with Gasteiger partial charge in [0.15, 0.2) is 0 Å². The second-order valence-corrected chi connectivity index (χ2v) is 4.55. The van der Waals surface area contributed by atoms with E-state index in [4.69, 9.17) is 39.2 Å². The summed E-state index contributed by atoms with van der Waals surface area (Å²) in [6.45, 7) is 0. The molecule has 0 aliphatic carbocycles. The van der Waals surface area contributed by atoms with E-state index in [1.165, 1.54) is 12.3 Å². The van der Waals surface area contributed by atoms with Crippen LogP contribution in [0.2, 0.25) is 15.1 Å². The lowest BCUT2D eigenvalue weighted by molar-refractivity contribution is -0.137. The Morgan fingerprint density at radius 1 is 1.06 bits per heavy atom. The second kappa shape index (κ2) is 4.68. The zero-order chi connectivity index (χ0) is 13.5. The number of halogens is 6. The summed E-state index contributed by atoms with van der Waals surface area (Å²) in [5, 5.41) is -1.06. The Labute approximate surface area is 115 Å². The summed E-state index contributed by atoms with van der Waals surface area (Å²) in [4.78, 5) is 0. The van der Waals surface area contributed by atoms with Crippen molar-refractivity contribution in [2.75, 3.05) is 0 Å². The average molecular weight is 316 g/mol. The summed E-state index contributed by atoms with van der Waals surface area (Å²) in [5.74, 6) is 0.251. The van der Waals surface area contributed by atoms with Crippen molar-refractivity contribution in [2.45, 2.75) is 6.18 Å². The maximum absolute atomic E-state index is 12.7. The van der Waals surface area contributed by atoms with Gasteiger partial charge in [-0.3, -0.25) is 0 Å². The van der Waals surface area contributed by atoms with Gasteiger partial charge in [0.05, 0.1) is 32.5 Å². The Kier molecular flexibility index (Phi) is 3.54. The Balaban J connectivity index is 2.70. The molecule has 0 bridgehead atoms. The molecule has 0 aliphatic heterocycles. The van der Waals surface area contributed by atoms with E-state index in [0.29, 0.717) is 0 Å². The van der Waals surface area contributed by atoms with Crippen molar-refractivity contribution < 1.29 is 17.6 Å². The number of alkyl halides is 3. The molecule has 0 amide bonds. The lowest BCUT2D eigenvalue weighted by atomic mass is 10.1. The van der Waals surface area contributed by atoms with Gasteiger partial charge in [-0.25, -0.2) is 0 Å². The number of furan rings is 1. The summed E-state index contributed by atoms with van der Waals surface area (Å²) >= 11 is 17.2. The minimum atomic E-state index is -4.62. The number of hydrogen-bond donors (Lipinski definition) is 0. The van der Waals surface area contributed by atoms with Gasteiger partial charge < -0.3 is 4.42 Å². The molecule has 0 spiro atoms. The predicted octanol–water partition coefficient (Wildman–Crippen LogP) is 5.93. The molecular weight excluding hydrogens is 311 g/mol. The molecular formula is C11H4Cl3F3O. The van der Waals surface area contributed by atoms with Gasteiger partial charge in [0, 0.05) is 0 Å². The maximum atomic E-state index is 12.7. The molecule has 0 saturated heterocycles. The Hall–Kier alpha value is -0.840. The van der Waals surface area contributed by atoms with Crippen LogP contribution in [0.3, 0.4) is 0 Å². The van der Waals surface area contributed by atoms with Gasteiger partial charge in [-0.05, 0) is 18.2 Å². The lowest BCUT2D eigenvalue weighted by Crippen LogP contribution is -2.06. The first-order valence-electron chi connectivity index (χ1n) is 4.61. The first-order chi connectivity index (χ1) is 8.32. The van der Waals surface area contributed by atoms with Crippen molar-refractivity contribution in [3.8, 4) is 11.3 Å². The molecule has 1 nitrogen and oxygen atoms in total. The minimum absolute atomic E-state index is 0.140. The van der Waals surface area contributed by atoms with Crippen molar-refractivity contribution in [1.29, 1.82) is 0 Å². The third kappa shape index (κ3) is 2.32. The van der Waals surface area contributed by atoms with E-state index in [0.717, 1.165) is 6.07 Å². The number of hydrogen-bond acceptors (Lipinski definition) is 1. The first kappa shape index (κ1) is 13.6. The van der Waals surface area contributed by atoms with Crippen LogP contribution in [0.1, 0.15) is 5.56 Å². The van der Waals surface area contributed by atoms with Crippen LogP contribution in [-0.2, 0) is 6.18 Å². The topological polar surface area (TPSA) is 13.1 Å². The Morgan fingerprint density at radius 3 is 2.22 bits per heavy atom. The lowest BCUT2D eigenvalue weighted by Gasteiger charge is -2.13. The van der Waals surface area contributed by atoms with Crippen molar-refractivity contribution in [1.82, 2.24) is 0 Å². The molecule has 0 aliphatic rings. The summed E-state index contributed by atoms with van der Waals surface area (Å²) in [6.07, 6.45) is -3.26. The fraction of sp³-hybridized carbons (Fsp3) is 0.0909. The van der Waals surface area contributed by atoms with Crippen molar-refractivity contribution in [3.63, 3.8) is 0 Å². The van der Waals surface area contributed by atoms with Gasteiger partial charge in [-0.15, -0.1) is 0 Å². The highest BCUT2D eigenvalue weighted by molar-refractivity contribution is 6.46. The highest BCUT2D eigenvalue weighted by Gasteiger charge is 2.36. The van der Waals surface area contributed by atoms with Crippen LogP contribution in [0, 0.1) is 0 Å². The Morgan fingerprint density at radius 2 is 1.72 bits per heavy atom. The molecule has 1 aromatic heterocycles. The molecule has 7 heteroatoms. The largest absolute Gasteiger partial charge is 0.464 e.